The molecule has 2 rings (SSSR count). The van der Waals surface area contributed by atoms with Crippen LogP contribution in [0.25, 0.3) is 0 Å². The molecule has 0 radical (unpaired) electrons. The molecule has 2 aromatic carbocycles. The molecule has 0 nitrogen and oxygen atoms in total. The highest BCUT2D eigenvalue weighted by molar-refractivity contribution is 6.33. The normalized spacial score (nSPS) is 10.2. The van der Waals surface area contributed by atoms with Gasteiger partial charge in [-0.3, -0.25) is 0 Å². The predicted molar refractivity (Wildman–Crippen MR) is 68.9 cm³/mol. The van der Waals surface area contributed by atoms with Crippen LogP contribution < -0.4 is 5.46 Å². The van der Waals surface area contributed by atoms with E-state index >= 15 is 0 Å². The lowest BCUT2D eigenvalue weighted by molar-refractivity contribution is 1.21. The van der Waals surface area contributed by atoms with E-state index in [9.17, 15) is 0 Å². The van der Waals surface area contributed by atoms with Gasteiger partial charge >= 0.3 is 0 Å². The van der Waals surface area contributed by atoms with E-state index < -0.39 is 0 Å². The van der Waals surface area contributed by atoms with Crippen LogP contribution in [0.5, 0.6) is 0 Å². The van der Waals surface area contributed by atoms with Gasteiger partial charge < -0.3 is 0 Å². The Kier molecular flexibility index (Phi) is 3.12. The second-order valence-electron chi connectivity index (χ2n) is 3.73. The molecular formula is C13H12BCl. The van der Waals surface area contributed by atoms with Gasteiger partial charge in [0.25, 0.3) is 0 Å². The molecule has 0 aliphatic rings. The molecule has 0 amide bonds. The third kappa shape index (κ3) is 2.63. The van der Waals surface area contributed by atoms with Crippen LogP contribution in [-0.4, -0.2) is 7.85 Å². The molecule has 2 aromatic rings. The maximum Gasteiger partial charge on any atom is 0.139 e. The first-order valence-corrected chi connectivity index (χ1v) is 5.42. The van der Waals surface area contributed by atoms with Crippen LogP contribution in [0.4, 0.5) is 0 Å². The SMILES string of the molecule is Bc1ccccc1Cc1ccc(Cl)cc1. The van der Waals surface area contributed by atoms with Gasteiger partial charge in [-0.1, -0.05) is 53.5 Å². The molecule has 15 heavy (non-hydrogen) atoms. The van der Waals surface area contributed by atoms with E-state index in [1.54, 1.807) is 0 Å². The summed E-state index contributed by atoms with van der Waals surface area (Å²) in [5, 5.41) is 0.795. The molecule has 0 spiro atoms. The van der Waals surface area contributed by atoms with E-state index in [1.165, 1.54) is 16.6 Å². The number of halogens is 1. The average molecular weight is 215 g/mol. The molecule has 2 heteroatoms. The minimum absolute atomic E-state index is 0.795. The summed E-state index contributed by atoms with van der Waals surface area (Å²) in [7, 11) is 2.14. The lowest BCUT2D eigenvalue weighted by atomic mass is 9.88. The van der Waals surface area contributed by atoms with Crippen LogP contribution in [0.3, 0.4) is 0 Å². The summed E-state index contributed by atoms with van der Waals surface area (Å²) in [6.45, 7) is 0. The van der Waals surface area contributed by atoms with E-state index in [0.717, 1.165) is 11.4 Å². The molecule has 0 fully saturated rings. The van der Waals surface area contributed by atoms with Gasteiger partial charge in [-0.15, -0.1) is 0 Å². The summed E-state index contributed by atoms with van der Waals surface area (Å²) in [4.78, 5) is 0. The molecule has 0 aliphatic carbocycles. The zero-order valence-corrected chi connectivity index (χ0v) is 9.46. The summed E-state index contributed by atoms with van der Waals surface area (Å²) in [6.07, 6.45) is 0.976. The van der Waals surface area contributed by atoms with Gasteiger partial charge in [-0.2, -0.15) is 0 Å². The Labute approximate surface area is 96.3 Å². The van der Waals surface area contributed by atoms with Gasteiger partial charge in [-0.05, 0) is 29.7 Å². The second kappa shape index (κ2) is 4.54. The summed E-state index contributed by atoms with van der Waals surface area (Å²) >= 11 is 5.85. The van der Waals surface area contributed by atoms with Crippen molar-refractivity contribution in [2.75, 3.05) is 0 Å². The summed E-state index contributed by atoms with van der Waals surface area (Å²) in [6, 6.07) is 16.5. The highest BCUT2D eigenvalue weighted by Gasteiger charge is 1.98. The van der Waals surface area contributed by atoms with Gasteiger partial charge in [0.05, 0.1) is 0 Å². The van der Waals surface area contributed by atoms with Crippen molar-refractivity contribution in [2.45, 2.75) is 6.42 Å². The third-order valence-corrected chi connectivity index (χ3v) is 2.82. The van der Waals surface area contributed by atoms with Crippen molar-refractivity contribution in [3.63, 3.8) is 0 Å². The molecule has 0 unspecified atom stereocenters. The topological polar surface area (TPSA) is 0 Å². The van der Waals surface area contributed by atoms with E-state index in [0.29, 0.717) is 0 Å². The quantitative estimate of drug-likeness (QED) is 0.673. The molecule has 0 aliphatic heterocycles. The van der Waals surface area contributed by atoms with Gasteiger partial charge in [-0.25, -0.2) is 0 Å². The van der Waals surface area contributed by atoms with Crippen molar-refractivity contribution in [3.8, 4) is 0 Å². The molecule has 74 valence electrons. The van der Waals surface area contributed by atoms with Crippen LogP contribution in [-0.2, 0) is 6.42 Å². The first-order valence-electron chi connectivity index (χ1n) is 5.04. The molecule has 0 saturated heterocycles. The van der Waals surface area contributed by atoms with Crippen molar-refractivity contribution >= 4 is 24.9 Å². The minimum Gasteiger partial charge on any atom is -0.0855 e. The fourth-order valence-corrected chi connectivity index (χ4v) is 1.76. The van der Waals surface area contributed by atoms with Crippen molar-refractivity contribution in [3.05, 3.63) is 64.7 Å². The fraction of sp³-hybridized carbons (Fsp3) is 0.0769. The summed E-state index contributed by atoms with van der Waals surface area (Å²) < 4.78 is 0. The van der Waals surface area contributed by atoms with E-state index in [-0.39, 0.29) is 0 Å². The Morgan fingerprint density at radius 3 is 2.27 bits per heavy atom. The van der Waals surface area contributed by atoms with E-state index in [2.05, 4.69) is 44.2 Å². The van der Waals surface area contributed by atoms with Crippen LogP contribution in [0.2, 0.25) is 5.02 Å². The zero-order valence-electron chi connectivity index (χ0n) is 8.70. The summed E-state index contributed by atoms with van der Waals surface area (Å²) in [5.74, 6) is 0. The lowest BCUT2D eigenvalue weighted by Crippen LogP contribution is -2.09. The molecule has 0 heterocycles. The Balaban J connectivity index is 2.22. The molecular weight excluding hydrogens is 202 g/mol. The standard InChI is InChI=1S/C13H12BCl/c14-13-4-2-1-3-11(13)9-10-5-7-12(15)8-6-10/h1-8H,9,14H2. The van der Waals surface area contributed by atoms with Crippen LogP contribution in [0.15, 0.2) is 48.5 Å². The number of hydrogen-bond donors (Lipinski definition) is 0. The monoisotopic (exact) mass is 214 g/mol. The number of benzene rings is 2. The van der Waals surface area contributed by atoms with Crippen molar-refractivity contribution in [1.82, 2.24) is 0 Å². The van der Waals surface area contributed by atoms with Crippen LogP contribution in [0.1, 0.15) is 11.1 Å². The molecule has 0 saturated carbocycles. The number of rotatable bonds is 2. The van der Waals surface area contributed by atoms with E-state index in [1.807, 2.05) is 12.1 Å². The van der Waals surface area contributed by atoms with Gasteiger partial charge in [0.2, 0.25) is 0 Å². The van der Waals surface area contributed by atoms with Crippen LogP contribution >= 0.6 is 11.6 Å². The fourth-order valence-electron chi connectivity index (χ4n) is 1.63. The van der Waals surface area contributed by atoms with Crippen molar-refractivity contribution in [2.24, 2.45) is 0 Å². The van der Waals surface area contributed by atoms with Crippen molar-refractivity contribution in [1.29, 1.82) is 0 Å². The third-order valence-electron chi connectivity index (χ3n) is 2.57. The molecule has 0 aromatic heterocycles. The highest BCUT2D eigenvalue weighted by Crippen LogP contribution is 2.12. The maximum absolute atomic E-state index is 5.85. The Bertz CT molecular complexity index is 448. The first-order chi connectivity index (χ1) is 7.25. The van der Waals surface area contributed by atoms with Gasteiger partial charge in [0.15, 0.2) is 0 Å². The minimum atomic E-state index is 0.795. The largest absolute Gasteiger partial charge is 0.139 e. The van der Waals surface area contributed by atoms with Crippen molar-refractivity contribution < 1.29 is 0 Å². The Hall–Kier alpha value is -1.21. The van der Waals surface area contributed by atoms with E-state index in [4.69, 9.17) is 11.6 Å². The second-order valence-corrected chi connectivity index (χ2v) is 4.17. The Morgan fingerprint density at radius 1 is 0.933 bits per heavy atom. The van der Waals surface area contributed by atoms with Gasteiger partial charge in [0, 0.05) is 5.02 Å². The maximum atomic E-state index is 5.85. The first kappa shape index (κ1) is 10.3. The average Bonchev–Trinajstić information content (AvgIpc) is 2.25. The highest BCUT2D eigenvalue weighted by atomic mass is 35.5. The summed E-state index contributed by atoms with van der Waals surface area (Å²) in [5.41, 5.74) is 4.01. The smallest absolute Gasteiger partial charge is 0.0855 e. The predicted octanol–water partition coefficient (Wildman–Crippen LogP) is 2.19. The lowest BCUT2D eigenvalue weighted by Gasteiger charge is -2.05. The number of hydrogen-bond acceptors (Lipinski definition) is 0. The molecule has 0 N–H and O–H groups in total. The molecule has 0 atom stereocenters. The van der Waals surface area contributed by atoms with Gasteiger partial charge in [0.1, 0.15) is 7.85 Å². The van der Waals surface area contributed by atoms with Crippen LogP contribution in [0, 0.1) is 0 Å². The molecule has 0 bridgehead atoms. The Morgan fingerprint density at radius 2 is 1.60 bits per heavy atom. The zero-order chi connectivity index (χ0) is 10.7.